The summed E-state index contributed by atoms with van der Waals surface area (Å²) in [5.41, 5.74) is -0.0709. The second-order valence-corrected chi connectivity index (χ2v) is 4.42. The second kappa shape index (κ2) is 7.27. The van der Waals surface area contributed by atoms with E-state index in [1.165, 1.54) is 17.0 Å². The van der Waals surface area contributed by atoms with Crippen LogP contribution in [0.1, 0.15) is 13.3 Å². The Morgan fingerprint density at radius 3 is 2.45 bits per heavy atom. The zero-order chi connectivity index (χ0) is 15.1. The lowest BCUT2D eigenvalue weighted by Crippen LogP contribution is -2.28. The molecule has 0 radical (unpaired) electrons. The molecule has 0 atom stereocenters. The molecule has 0 unspecified atom stereocenters. The van der Waals surface area contributed by atoms with E-state index in [1.807, 2.05) is 6.92 Å². The topological polar surface area (TPSA) is 100 Å². The number of hydrogen-bond donors (Lipinski definition) is 2. The molecule has 0 spiro atoms. The first kappa shape index (κ1) is 15.7. The van der Waals surface area contributed by atoms with E-state index in [-0.39, 0.29) is 18.1 Å². The van der Waals surface area contributed by atoms with E-state index in [0.717, 1.165) is 6.42 Å². The van der Waals surface area contributed by atoms with E-state index < -0.39 is 4.92 Å². The van der Waals surface area contributed by atoms with Crippen molar-refractivity contribution >= 4 is 23.2 Å². The Morgan fingerprint density at radius 2 is 1.95 bits per heavy atom. The largest absolute Gasteiger partial charge is 0.370 e. The molecule has 0 saturated heterocycles. The highest BCUT2D eigenvalue weighted by Gasteiger charge is 2.12. The molecule has 8 heteroatoms. The van der Waals surface area contributed by atoms with Gasteiger partial charge in [0.1, 0.15) is 11.6 Å². The maximum absolute atomic E-state index is 11.5. The van der Waals surface area contributed by atoms with Gasteiger partial charge in [-0.1, -0.05) is 6.92 Å². The number of likely N-dealkylation sites (N-methyl/N-ethyl adjacent to an activating group) is 1. The Labute approximate surface area is 117 Å². The molecule has 1 aromatic heterocycles. The van der Waals surface area contributed by atoms with Gasteiger partial charge in [-0.15, -0.1) is 0 Å². The lowest BCUT2D eigenvalue weighted by molar-refractivity contribution is -0.384. The summed E-state index contributed by atoms with van der Waals surface area (Å²) in [6.07, 6.45) is 0.881. The molecule has 8 nitrogen and oxygen atoms in total. The lowest BCUT2D eigenvalue weighted by Gasteiger charge is -2.12. The molecule has 0 aliphatic heterocycles. The van der Waals surface area contributed by atoms with Crippen LogP contribution in [-0.2, 0) is 4.79 Å². The first-order valence-corrected chi connectivity index (χ1v) is 6.28. The third-order valence-electron chi connectivity index (χ3n) is 2.50. The van der Waals surface area contributed by atoms with E-state index in [2.05, 4.69) is 15.6 Å². The van der Waals surface area contributed by atoms with Crippen LogP contribution in [0.4, 0.5) is 17.3 Å². The zero-order valence-electron chi connectivity index (χ0n) is 11.8. The number of nitrogens with zero attached hydrogens (tertiary/aromatic N) is 3. The molecule has 0 saturated carbocycles. The van der Waals surface area contributed by atoms with E-state index in [4.69, 9.17) is 0 Å². The minimum Gasteiger partial charge on any atom is -0.370 e. The van der Waals surface area contributed by atoms with Gasteiger partial charge in [-0.25, -0.2) is 4.98 Å². The summed E-state index contributed by atoms with van der Waals surface area (Å²) >= 11 is 0. The van der Waals surface area contributed by atoms with Crippen molar-refractivity contribution in [3.05, 3.63) is 22.2 Å². The Kier molecular flexibility index (Phi) is 5.70. The number of nitrogens with one attached hydrogen (secondary N) is 2. The van der Waals surface area contributed by atoms with Gasteiger partial charge in [-0.3, -0.25) is 14.9 Å². The molecule has 110 valence electrons. The Morgan fingerprint density at radius 1 is 1.35 bits per heavy atom. The average molecular weight is 281 g/mol. The van der Waals surface area contributed by atoms with Gasteiger partial charge in [0.05, 0.1) is 23.6 Å². The van der Waals surface area contributed by atoms with Gasteiger partial charge in [0, 0.05) is 20.6 Å². The number of aromatic nitrogens is 1. The fourth-order valence-corrected chi connectivity index (χ4v) is 1.38. The highest BCUT2D eigenvalue weighted by molar-refractivity contribution is 5.80. The zero-order valence-corrected chi connectivity index (χ0v) is 11.8. The third-order valence-corrected chi connectivity index (χ3v) is 2.50. The Hall–Kier alpha value is -2.38. The summed E-state index contributed by atoms with van der Waals surface area (Å²) in [4.78, 5) is 27.5. The molecule has 20 heavy (non-hydrogen) atoms. The van der Waals surface area contributed by atoms with Crippen LogP contribution < -0.4 is 10.6 Å². The number of carbonyl (C=O) groups is 1. The molecule has 1 aromatic rings. The van der Waals surface area contributed by atoms with Crippen molar-refractivity contribution in [2.45, 2.75) is 13.3 Å². The smallest absolute Gasteiger partial charge is 0.276 e. The lowest BCUT2D eigenvalue weighted by atomic mass is 10.3. The molecule has 1 amide bonds. The van der Waals surface area contributed by atoms with Crippen LogP contribution in [0.3, 0.4) is 0 Å². The fraction of sp³-hybridized carbons (Fsp3) is 0.500. The molecule has 0 fully saturated rings. The number of rotatable bonds is 7. The summed E-state index contributed by atoms with van der Waals surface area (Å²) in [5, 5.41) is 16.7. The molecular formula is C12H19N5O3. The van der Waals surface area contributed by atoms with Crippen LogP contribution in [0.25, 0.3) is 0 Å². The predicted molar refractivity (Wildman–Crippen MR) is 76.9 cm³/mol. The number of pyridine rings is 1. The molecule has 2 N–H and O–H groups in total. The Balaban J connectivity index is 2.85. The van der Waals surface area contributed by atoms with Gasteiger partial charge in [0.2, 0.25) is 5.91 Å². The summed E-state index contributed by atoms with van der Waals surface area (Å²) < 4.78 is 0. The van der Waals surface area contributed by atoms with Crippen molar-refractivity contribution in [2.24, 2.45) is 0 Å². The second-order valence-electron chi connectivity index (χ2n) is 4.42. The summed E-state index contributed by atoms with van der Waals surface area (Å²) in [6.45, 7) is 2.69. The van der Waals surface area contributed by atoms with Crippen molar-refractivity contribution in [1.82, 2.24) is 9.88 Å². The van der Waals surface area contributed by atoms with Crippen molar-refractivity contribution in [3.8, 4) is 0 Å². The standard InChI is InChI=1S/C12H19N5O3/c1-4-5-13-10-6-9(17(19)20)7-11(15-10)14-8-12(18)16(2)3/h6-7H,4-5,8H2,1-3H3,(H2,13,14,15). The van der Waals surface area contributed by atoms with E-state index >= 15 is 0 Å². The van der Waals surface area contributed by atoms with Crippen LogP contribution in [0, 0.1) is 10.1 Å². The Bertz CT molecular complexity index is 490. The average Bonchev–Trinajstić information content (AvgIpc) is 2.42. The number of hydrogen-bond acceptors (Lipinski definition) is 6. The molecule has 1 rings (SSSR count). The van der Waals surface area contributed by atoms with Crippen LogP contribution in [0.15, 0.2) is 12.1 Å². The SMILES string of the molecule is CCCNc1cc([N+](=O)[O-])cc(NCC(=O)N(C)C)n1. The minimum absolute atomic E-state index is 0.0361. The third kappa shape index (κ3) is 4.71. The van der Waals surface area contributed by atoms with Gasteiger partial charge in [-0.2, -0.15) is 0 Å². The van der Waals surface area contributed by atoms with Crippen LogP contribution in [0.2, 0.25) is 0 Å². The highest BCUT2D eigenvalue weighted by atomic mass is 16.6. The van der Waals surface area contributed by atoms with Crippen molar-refractivity contribution in [3.63, 3.8) is 0 Å². The molecule has 0 aliphatic rings. The number of carbonyl (C=O) groups excluding carboxylic acids is 1. The van der Waals surface area contributed by atoms with Gasteiger partial charge in [-0.05, 0) is 6.42 Å². The maximum Gasteiger partial charge on any atom is 0.276 e. The monoisotopic (exact) mass is 281 g/mol. The first-order chi connectivity index (χ1) is 9.43. The summed E-state index contributed by atoms with van der Waals surface area (Å²) in [7, 11) is 3.28. The quantitative estimate of drug-likeness (QED) is 0.577. The van der Waals surface area contributed by atoms with Gasteiger partial charge in [0.15, 0.2) is 0 Å². The molecule has 1 heterocycles. The summed E-state index contributed by atoms with van der Waals surface area (Å²) in [6, 6.07) is 2.68. The highest BCUT2D eigenvalue weighted by Crippen LogP contribution is 2.20. The fourth-order valence-electron chi connectivity index (χ4n) is 1.38. The number of anilines is 2. The van der Waals surface area contributed by atoms with E-state index in [1.54, 1.807) is 14.1 Å². The number of amides is 1. The van der Waals surface area contributed by atoms with Crippen LogP contribution in [0.5, 0.6) is 0 Å². The first-order valence-electron chi connectivity index (χ1n) is 6.28. The van der Waals surface area contributed by atoms with Crippen molar-refractivity contribution in [2.75, 3.05) is 37.8 Å². The molecule has 0 aromatic carbocycles. The summed E-state index contributed by atoms with van der Waals surface area (Å²) in [5.74, 6) is 0.579. The normalized spacial score (nSPS) is 9.95. The van der Waals surface area contributed by atoms with Crippen molar-refractivity contribution in [1.29, 1.82) is 0 Å². The van der Waals surface area contributed by atoms with Crippen LogP contribution in [-0.4, -0.2) is 47.9 Å². The molecule has 0 bridgehead atoms. The molecule has 0 aliphatic carbocycles. The predicted octanol–water partition coefficient (Wildman–Crippen LogP) is 1.31. The van der Waals surface area contributed by atoms with Gasteiger partial charge < -0.3 is 15.5 Å². The molecular weight excluding hydrogens is 262 g/mol. The van der Waals surface area contributed by atoms with Gasteiger partial charge >= 0.3 is 0 Å². The van der Waals surface area contributed by atoms with Gasteiger partial charge in [0.25, 0.3) is 5.69 Å². The maximum atomic E-state index is 11.5. The van der Waals surface area contributed by atoms with Crippen molar-refractivity contribution < 1.29 is 9.72 Å². The van der Waals surface area contributed by atoms with E-state index in [0.29, 0.717) is 18.2 Å². The number of nitro groups is 1. The van der Waals surface area contributed by atoms with E-state index in [9.17, 15) is 14.9 Å². The van der Waals surface area contributed by atoms with Crippen LogP contribution >= 0.6 is 0 Å². The minimum atomic E-state index is -0.488.